The smallest absolute Gasteiger partial charge is 0.231 e. The molecule has 2 aliphatic rings. The highest BCUT2D eigenvalue weighted by atomic mass is 16.3. The lowest BCUT2D eigenvalue weighted by Crippen LogP contribution is -2.20. The molecule has 5 nitrogen and oxygen atoms in total. The van der Waals surface area contributed by atoms with Gasteiger partial charge in [0.05, 0.1) is 17.3 Å². The summed E-state index contributed by atoms with van der Waals surface area (Å²) in [7, 11) is 0. The molecule has 5 heteroatoms. The van der Waals surface area contributed by atoms with E-state index in [0.717, 1.165) is 22.6 Å². The Morgan fingerprint density at radius 1 is 1.20 bits per heavy atom. The Labute approximate surface area is 86.5 Å². The number of benzene rings is 1. The molecule has 0 fully saturated rings. The lowest BCUT2D eigenvalue weighted by Gasteiger charge is -2.04. The molecular formula is C10H11N3O2. The summed E-state index contributed by atoms with van der Waals surface area (Å²) in [4.78, 5) is 11.4. The van der Waals surface area contributed by atoms with Gasteiger partial charge in [-0.15, -0.1) is 0 Å². The molecule has 1 aromatic rings. The van der Waals surface area contributed by atoms with Gasteiger partial charge in [-0.2, -0.15) is 0 Å². The van der Waals surface area contributed by atoms with Gasteiger partial charge in [-0.25, -0.2) is 0 Å². The van der Waals surface area contributed by atoms with Crippen molar-refractivity contribution in [3.8, 4) is 0 Å². The third-order valence-corrected chi connectivity index (χ3v) is 2.89. The molecule has 4 N–H and O–H groups in total. The fourth-order valence-corrected chi connectivity index (χ4v) is 2.03. The van der Waals surface area contributed by atoms with Crippen molar-refractivity contribution < 1.29 is 9.90 Å². The van der Waals surface area contributed by atoms with Crippen molar-refractivity contribution in [1.29, 1.82) is 0 Å². The van der Waals surface area contributed by atoms with Crippen LogP contribution in [-0.4, -0.2) is 17.4 Å². The minimum atomic E-state index is -0.742. The Morgan fingerprint density at radius 3 is 2.60 bits per heavy atom. The van der Waals surface area contributed by atoms with Crippen LogP contribution in [-0.2, 0) is 4.79 Å². The van der Waals surface area contributed by atoms with Crippen LogP contribution in [0.4, 0.5) is 17.1 Å². The van der Waals surface area contributed by atoms with Crippen molar-refractivity contribution >= 4 is 23.0 Å². The third-order valence-electron chi connectivity index (χ3n) is 2.89. The van der Waals surface area contributed by atoms with Crippen LogP contribution in [0.1, 0.15) is 18.4 Å². The van der Waals surface area contributed by atoms with Crippen LogP contribution >= 0.6 is 0 Å². The molecule has 0 aliphatic carbocycles. The summed E-state index contributed by atoms with van der Waals surface area (Å²) < 4.78 is 0. The fraction of sp³-hybridized carbons (Fsp3) is 0.300. The molecule has 0 aromatic heterocycles. The molecule has 78 valence electrons. The van der Waals surface area contributed by atoms with Gasteiger partial charge < -0.3 is 21.1 Å². The van der Waals surface area contributed by atoms with Gasteiger partial charge in [-0.1, -0.05) is 0 Å². The zero-order valence-corrected chi connectivity index (χ0v) is 8.16. The molecule has 1 aromatic carbocycles. The first-order chi connectivity index (χ1) is 7.15. The SMILES string of the molecule is CC1C(=O)Nc2cc3c(cc21)NC(O)N3. The summed E-state index contributed by atoms with van der Waals surface area (Å²) >= 11 is 0. The van der Waals surface area contributed by atoms with Crippen LogP contribution < -0.4 is 16.0 Å². The summed E-state index contributed by atoms with van der Waals surface area (Å²) in [6, 6.07) is 3.74. The highest BCUT2D eigenvalue weighted by molar-refractivity contribution is 6.04. The minimum Gasteiger partial charge on any atom is -0.357 e. The number of nitrogens with one attached hydrogen (secondary N) is 3. The van der Waals surface area contributed by atoms with Crippen LogP contribution in [0.15, 0.2) is 12.1 Å². The predicted octanol–water partition coefficient (Wildman–Crippen LogP) is 0.855. The predicted molar refractivity (Wildman–Crippen MR) is 56.7 cm³/mol. The molecule has 3 rings (SSSR count). The van der Waals surface area contributed by atoms with Crippen molar-refractivity contribution in [1.82, 2.24) is 0 Å². The second-order valence-corrected chi connectivity index (χ2v) is 3.89. The van der Waals surface area contributed by atoms with Crippen LogP contribution in [0.5, 0.6) is 0 Å². The molecule has 2 heterocycles. The largest absolute Gasteiger partial charge is 0.357 e. The average Bonchev–Trinajstić information content (AvgIpc) is 2.65. The van der Waals surface area contributed by atoms with Crippen LogP contribution in [0.3, 0.4) is 0 Å². The van der Waals surface area contributed by atoms with Crippen LogP contribution in [0.25, 0.3) is 0 Å². The highest BCUT2D eigenvalue weighted by Gasteiger charge is 2.29. The van der Waals surface area contributed by atoms with Crippen molar-refractivity contribution in [2.24, 2.45) is 0 Å². The van der Waals surface area contributed by atoms with E-state index < -0.39 is 6.35 Å². The van der Waals surface area contributed by atoms with Crippen molar-refractivity contribution in [2.45, 2.75) is 19.2 Å². The number of aliphatic hydroxyl groups excluding tert-OH is 1. The Hall–Kier alpha value is -1.75. The number of hydrogen-bond donors (Lipinski definition) is 4. The van der Waals surface area contributed by atoms with Gasteiger partial charge in [-0.05, 0) is 24.6 Å². The second-order valence-electron chi connectivity index (χ2n) is 3.89. The van der Waals surface area contributed by atoms with E-state index in [1.165, 1.54) is 0 Å². The highest BCUT2D eigenvalue weighted by Crippen LogP contribution is 2.40. The number of hydrogen-bond acceptors (Lipinski definition) is 4. The molecule has 0 saturated carbocycles. The molecular weight excluding hydrogens is 194 g/mol. The number of anilines is 3. The van der Waals surface area contributed by atoms with Gasteiger partial charge in [0.15, 0.2) is 0 Å². The normalized spacial score (nSPS) is 26.4. The van der Waals surface area contributed by atoms with E-state index in [1.807, 2.05) is 19.1 Å². The van der Waals surface area contributed by atoms with E-state index in [4.69, 9.17) is 0 Å². The Balaban J connectivity index is 2.11. The topological polar surface area (TPSA) is 73.4 Å². The Kier molecular flexibility index (Phi) is 1.50. The Bertz CT molecular complexity index is 458. The maximum atomic E-state index is 11.4. The van der Waals surface area contributed by atoms with E-state index in [0.29, 0.717) is 0 Å². The van der Waals surface area contributed by atoms with Gasteiger partial charge in [0, 0.05) is 5.69 Å². The van der Waals surface area contributed by atoms with Crippen LogP contribution in [0.2, 0.25) is 0 Å². The lowest BCUT2D eigenvalue weighted by molar-refractivity contribution is -0.116. The van der Waals surface area contributed by atoms with Crippen molar-refractivity contribution in [2.75, 3.05) is 16.0 Å². The number of rotatable bonds is 0. The van der Waals surface area contributed by atoms with E-state index in [1.54, 1.807) is 0 Å². The summed E-state index contributed by atoms with van der Waals surface area (Å²) in [5.41, 5.74) is 3.46. The summed E-state index contributed by atoms with van der Waals surface area (Å²) in [5.74, 6) is -0.0981. The number of carbonyl (C=O) groups is 1. The molecule has 1 amide bonds. The summed E-state index contributed by atoms with van der Waals surface area (Å²) in [5, 5.41) is 17.9. The van der Waals surface area contributed by atoms with Gasteiger partial charge >= 0.3 is 0 Å². The van der Waals surface area contributed by atoms with Crippen LogP contribution in [0, 0.1) is 0 Å². The number of aliphatic hydroxyl groups is 1. The quantitative estimate of drug-likeness (QED) is 0.506. The van der Waals surface area contributed by atoms with Gasteiger partial charge in [-0.3, -0.25) is 4.79 Å². The van der Waals surface area contributed by atoms with E-state index in [-0.39, 0.29) is 11.8 Å². The first-order valence-corrected chi connectivity index (χ1v) is 4.85. The molecule has 2 unspecified atom stereocenters. The monoisotopic (exact) mass is 205 g/mol. The molecule has 15 heavy (non-hydrogen) atoms. The summed E-state index contributed by atoms with van der Waals surface area (Å²) in [6.07, 6.45) is -0.742. The first kappa shape index (κ1) is 8.55. The standard InChI is InChI=1S/C10H11N3O2/c1-4-5-2-7-8(13-10(15)12-7)3-6(5)11-9(4)14/h2-4,10,12-13,15H,1H3,(H,11,14). The fourth-order valence-electron chi connectivity index (χ4n) is 2.03. The average molecular weight is 205 g/mol. The number of fused-ring (bicyclic) bond motifs is 2. The van der Waals surface area contributed by atoms with Gasteiger partial charge in [0.25, 0.3) is 0 Å². The molecule has 0 spiro atoms. The maximum absolute atomic E-state index is 11.4. The molecule has 0 saturated heterocycles. The van der Waals surface area contributed by atoms with Crippen molar-refractivity contribution in [3.63, 3.8) is 0 Å². The second kappa shape index (κ2) is 2.64. The number of carbonyl (C=O) groups excluding carboxylic acids is 1. The molecule has 0 bridgehead atoms. The zero-order chi connectivity index (χ0) is 10.6. The maximum Gasteiger partial charge on any atom is 0.231 e. The van der Waals surface area contributed by atoms with E-state index in [2.05, 4.69) is 16.0 Å². The zero-order valence-electron chi connectivity index (χ0n) is 8.16. The van der Waals surface area contributed by atoms with Crippen molar-refractivity contribution in [3.05, 3.63) is 17.7 Å². The minimum absolute atomic E-state index is 0.0224. The molecule has 2 aliphatic heterocycles. The third kappa shape index (κ3) is 1.10. The van der Waals surface area contributed by atoms with Gasteiger partial charge in [0.1, 0.15) is 0 Å². The Morgan fingerprint density at radius 2 is 1.87 bits per heavy atom. The first-order valence-electron chi connectivity index (χ1n) is 4.85. The molecule has 2 atom stereocenters. The van der Waals surface area contributed by atoms with E-state index in [9.17, 15) is 9.90 Å². The molecule has 0 radical (unpaired) electrons. The summed E-state index contributed by atoms with van der Waals surface area (Å²) in [6.45, 7) is 1.87. The lowest BCUT2D eigenvalue weighted by atomic mass is 10.0. The van der Waals surface area contributed by atoms with E-state index >= 15 is 0 Å². The number of amides is 1. The van der Waals surface area contributed by atoms with Gasteiger partial charge in [0.2, 0.25) is 12.3 Å².